The molecule has 0 saturated heterocycles. The van der Waals surface area contributed by atoms with Gasteiger partial charge in [0, 0.05) is 79.8 Å². The summed E-state index contributed by atoms with van der Waals surface area (Å²) in [6.45, 7) is 27.6. The van der Waals surface area contributed by atoms with Crippen molar-refractivity contribution in [1.29, 1.82) is 0 Å². The van der Waals surface area contributed by atoms with E-state index in [2.05, 4.69) is 0 Å². The van der Waals surface area contributed by atoms with Gasteiger partial charge in [0.2, 0.25) is 38.1 Å². The van der Waals surface area contributed by atoms with E-state index in [-0.39, 0.29) is 118 Å². The standard InChI is InChI=1S/C22H31NO6.C21H29NO6.C20H27NO6/c1-14(19(25)15-8-9-16-17(10-15)29-13-28-16)23(7)18(24)11-22(5,6)12-27-20(26)21(2,3)4;1-13(2)20(25)26-11-21(4,5)10-18(23)22(6)14(3)19(24)15-7-8-16-17(9-15)28-12-27-16;1-6-18(23)25-11-20(3,4)10-17(22)21(5)13(2)19(24)14-7-8-15-16(9-14)27-12-26-15/h8-10,14H,11-13H2,1-7H3;7-9,13-14H,10-12H2,1-6H3;7-9,13H,6,10-12H2,1-5H3. The maximum absolute atomic E-state index is 12.8. The summed E-state index contributed by atoms with van der Waals surface area (Å²) in [5.74, 6) is 1.17. The SMILES string of the molecule is CC(C(=O)c1ccc2c(c1)OCO2)N(C)C(=O)CC(C)(C)COC(=O)C(C)(C)C.CC(C)C(=O)OCC(C)(C)CC(=O)N(C)C(C)C(=O)c1ccc2c(c1)OCO2.CCC(=O)OCC(C)(C)CC(=O)N(C)C(C)C(=O)c1ccc2c(c1)OCO2. The number of hydrogen-bond acceptors (Lipinski definition) is 18. The monoisotopic (exact) mass is 1170 g/mol. The van der Waals surface area contributed by atoms with Gasteiger partial charge in [0.25, 0.3) is 0 Å². The first-order valence-corrected chi connectivity index (χ1v) is 28.1. The fourth-order valence-corrected chi connectivity index (χ4v) is 8.09. The van der Waals surface area contributed by atoms with Gasteiger partial charge < -0.3 is 57.3 Å². The molecular weight excluding hydrogens is 1090 g/mol. The highest BCUT2D eigenvalue weighted by molar-refractivity contribution is 6.03. The summed E-state index contributed by atoms with van der Waals surface area (Å²) in [5, 5.41) is 0. The first-order chi connectivity index (χ1) is 39.0. The second kappa shape index (κ2) is 29.2. The number of ketones is 3. The molecular formula is C63H87N3O18. The van der Waals surface area contributed by atoms with Crippen LogP contribution in [0.5, 0.6) is 34.5 Å². The molecule has 0 saturated carbocycles. The summed E-state index contributed by atoms with van der Waals surface area (Å²) in [5.41, 5.74) is -0.811. The van der Waals surface area contributed by atoms with Crippen LogP contribution in [0.3, 0.4) is 0 Å². The van der Waals surface area contributed by atoms with Crippen LogP contribution >= 0.6 is 0 Å². The average Bonchev–Trinajstić information content (AvgIpc) is 4.12. The molecule has 0 aromatic heterocycles. The Balaban J connectivity index is 0.000000270. The number of fused-ring (bicyclic) bond motifs is 3. The fourth-order valence-electron chi connectivity index (χ4n) is 8.09. The number of nitrogens with zero attached hydrogens (tertiary/aromatic N) is 3. The lowest BCUT2D eigenvalue weighted by Crippen LogP contribution is -2.42. The minimum absolute atomic E-state index is 0.132. The molecule has 3 aliphatic heterocycles. The molecule has 0 fully saturated rings. The fraction of sp³-hybridized carbons (Fsp3) is 0.571. The van der Waals surface area contributed by atoms with Gasteiger partial charge in [-0.15, -0.1) is 0 Å². The van der Waals surface area contributed by atoms with Crippen LogP contribution in [0.4, 0.5) is 0 Å². The minimum atomic E-state index is -0.643. The van der Waals surface area contributed by atoms with Gasteiger partial charge in [-0.05, 0) is 96.1 Å². The highest BCUT2D eigenvalue weighted by Crippen LogP contribution is 2.36. The van der Waals surface area contributed by atoms with E-state index in [9.17, 15) is 43.2 Å². The largest absolute Gasteiger partial charge is 0.465 e. The molecule has 6 rings (SSSR count). The van der Waals surface area contributed by atoms with Crippen LogP contribution in [0.25, 0.3) is 0 Å². The molecule has 0 N–H and O–H groups in total. The molecule has 21 nitrogen and oxygen atoms in total. The molecule has 21 heteroatoms. The molecule has 3 aromatic rings. The molecule has 3 aromatic carbocycles. The topological polar surface area (TPSA) is 246 Å². The van der Waals surface area contributed by atoms with Gasteiger partial charge in [-0.3, -0.25) is 43.2 Å². The number of hydrogen-bond donors (Lipinski definition) is 0. The van der Waals surface area contributed by atoms with Crippen LogP contribution in [-0.4, -0.2) is 147 Å². The van der Waals surface area contributed by atoms with Crippen molar-refractivity contribution in [3.05, 3.63) is 71.3 Å². The van der Waals surface area contributed by atoms with Gasteiger partial charge in [0.1, 0.15) is 0 Å². The highest BCUT2D eigenvalue weighted by Gasteiger charge is 2.35. The van der Waals surface area contributed by atoms with Crippen molar-refractivity contribution in [2.45, 2.75) is 148 Å². The number of likely N-dealkylation sites (N-methyl/N-ethyl adjacent to an activating group) is 3. The lowest BCUT2D eigenvalue weighted by atomic mass is 9.89. The molecule has 0 aliphatic carbocycles. The lowest BCUT2D eigenvalue weighted by molar-refractivity contribution is -0.157. The predicted molar refractivity (Wildman–Crippen MR) is 310 cm³/mol. The third kappa shape index (κ3) is 19.7. The van der Waals surface area contributed by atoms with Gasteiger partial charge in [-0.25, -0.2) is 0 Å². The summed E-state index contributed by atoms with van der Waals surface area (Å²) in [4.78, 5) is 116. The molecule has 3 amide bonds. The Kier molecular flexibility index (Phi) is 23.9. The molecule has 3 heterocycles. The lowest BCUT2D eigenvalue weighted by Gasteiger charge is -2.30. The Morgan fingerprint density at radius 1 is 0.440 bits per heavy atom. The maximum Gasteiger partial charge on any atom is 0.311 e. The van der Waals surface area contributed by atoms with E-state index in [1.165, 1.54) is 14.7 Å². The number of Topliss-reactive ketones (excluding diaryl/α,β-unsaturated/α-hetero) is 3. The van der Waals surface area contributed by atoms with Gasteiger partial charge in [-0.2, -0.15) is 0 Å². The number of carbonyl (C=O) groups is 9. The molecule has 84 heavy (non-hydrogen) atoms. The molecule has 3 aliphatic rings. The summed E-state index contributed by atoms with van der Waals surface area (Å²) in [6, 6.07) is 13.1. The van der Waals surface area contributed by atoms with E-state index in [4.69, 9.17) is 42.6 Å². The van der Waals surface area contributed by atoms with Crippen molar-refractivity contribution in [2.75, 3.05) is 61.3 Å². The van der Waals surface area contributed by atoms with Gasteiger partial charge in [-0.1, -0.05) is 62.3 Å². The van der Waals surface area contributed by atoms with E-state index in [0.717, 1.165) is 0 Å². The smallest absolute Gasteiger partial charge is 0.311 e. The maximum atomic E-state index is 12.8. The summed E-state index contributed by atoms with van der Waals surface area (Å²) in [7, 11) is 4.81. The van der Waals surface area contributed by atoms with Crippen molar-refractivity contribution in [1.82, 2.24) is 14.7 Å². The Hall–Kier alpha value is -7.71. The number of rotatable bonds is 23. The third-order valence-electron chi connectivity index (χ3n) is 14.1. The Bertz CT molecular complexity index is 2880. The van der Waals surface area contributed by atoms with Gasteiger partial charge >= 0.3 is 17.9 Å². The van der Waals surface area contributed by atoms with Crippen LogP contribution in [0.15, 0.2) is 54.6 Å². The van der Waals surface area contributed by atoms with E-state index in [0.29, 0.717) is 57.6 Å². The minimum Gasteiger partial charge on any atom is -0.465 e. The molecule has 0 spiro atoms. The van der Waals surface area contributed by atoms with Crippen molar-refractivity contribution in [3.8, 4) is 34.5 Å². The number of ether oxygens (including phenoxy) is 9. The van der Waals surface area contributed by atoms with Crippen LogP contribution < -0.4 is 28.4 Å². The average molecular weight is 1170 g/mol. The zero-order chi connectivity index (χ0) is 63.2. The Morgan fingerprint density at radius 3 is 1.01 bits per heavy atom. The third-order valence-corrected chi connectivity index (χ3v) is 14.1. The van der Waals surface area contributed by atoms with Crippen molar-refractivity contribution in [2.24, 2.45) is 27.6 Å². The van der Waals surface area contributed by atoms with Crippen LogP contribution in [0.2, 0.25) is 0 Å². The van der Waals surface area contributed by atoms with Crippen molar-refractivity contribution >= 4 is 53.0 Å². The quantitative estimate of drug-likeness (QED) is 0.0487. The number of carbonyl (C=O) groups excluding carboxylic acids is 9. The molecule has 3 unspecified atom stereocenters. The van der Waals surface area contributed by atoms with Crippen molar-refractivity contribution < 1.29 is 85.8 Å². The van der Waals surface area contributed by atoms with E-state index in [1.807, 2.05) is 41.5 Å². The molecule has 0 radical (unpaired) electrons. The van der Waals surface area contributed by atoms with Crippen LogP contribution in [0, 0.1) is 27.6 Å². The molecule has 462 valence electrons. The number of amides is 3. The molecule has 0 bridgehead atoms. The first-order valence-electron chi connectivity index (χ1n) is 28.1. The van der Waals surface area contributed by atoms with E-state index in [1.54, 1.807) is 138 Å². The number of esters is 3. The normalized spacial score (nSPS) is 14.0. The second-order valence-electron chi connectivity index (χ2n) is 25.0. The predicted octanol–water partition coefficient (Wildman–Crippen LogP) is 9.33. The summed E-state index contributed by atoms with van der Waals surface area (Å²) in [6.07, 6.45) is 0.775. The van der Waals surface area contributed by atoms with E-state index < -0.39 is 39.8 Å². The number of benzene rings is 3. The second-order valence-corrected chi connectivity index (χ2v) is 25.0. The summed E-state index contributed by atoms with van der Waals surface area (Å²) < 4.78 is 47.5. The van der Waals surface area contributed by atoms with E-state index >= 15 is 0 Å². The Morgan fingerprint density at radius 2 is 0.726 bits per heavy atom. The van der Waals surface area contributed by atoms with Gasteiger partial charge in [0.15, 0.2) is 51.8 Å². The zero-order valence-electron chi connectivity index (χ0n) is 52.3. The highest BCUT2D eigenvalue weighted by atomic mass is 16.7. The first kappa shape index (κ1) is 68.8. The van der Waals surface area contributed by atoms with Crippen LogP contribution in [-0.2, 0) is 43.0 Å². The van der Waals surface area contributed by atoms with Crippen LogP contribution in [0.1, 0.15) is 161 Å². The summed E-state index contributed by atoms with van der Waals surface area (Å²) >= 11 is 0. The van der Waals surface area contributed by atoms with Crippen molar-refractivity contribution in [3.63, 3.8) is 0 Å². The molecule has 3 atom stereocenters. The zero-order valence-corrected chi connectivity index (χ0v) is 52.3. The Labute approximate surface area is 494 Å². The van der Waals surface area contributed by atoms with Gasteiger partial charge in [0.05, 0.1) is 49.3 Å².